The van der Waals surface area contributed by atoms with Crippen LogP contribution in [0.1, 0.15) is 189 Å². The Morgan fingerprint density at radius 1 is 0.577 bits per heavy atom. The number of anilines is 6. The van der Waals surface area contributed by atoms with Gasteiger partial charge in [0.25, 0.3) is 6.71 Å². The molecule has 4 aliphatic carbocycles. The molecule has 0 radical (unpaired) electrons. The summed E-state index contributed by atoms with van der Waals surface area (Å²) >= 11 is 1.78. The number of rotatable bonds is 8. The smallest absolute Gasteiger partial charge is 0.264 e. The second-order valence-electron chi connectivity index (χ2n) is 24.2. The highest BCUT2D eigenvalue weighted by Gasteiger charge is 2.54. The van der Waals surface area contributed by atoms with E-state index in [0.29, 0.717) is 23.4 Å². The van der Waals surface area contributed by atoms with E-state index in [1.54, 1.807) is 24.3 Å². The lowest BCUT2D eigenvalue weighted by Crippen LogP contribution is -2.61. The third-order valence-electron chi connectivity index (χ3n) is 17.2. The number of hydrogen-bond acceptors (Lipinski definition) is 3. The Morgan fingerprint density at radius 2 is 1.13 bits per heavy atom. The average Bonchev–Trinajstić information content (AvgIpc) is 1.77. The summed E-state index contributed by atoms with van der Waals surface area (Å²) < 4.78 is 110. The van der Waals surface area contributed by atoms with Crippen molar-refractivity contribution in [3.63, 3.8) is 0 Å². The van der Waals surface area contributed by atoms with Gasteiger partial charge in [0.05, 0.1) is 11.4 Å². The molecule has 6 aromatic carbocycles. The Hall–Kier alpha value is -5.32. The first-order chi connectivity index (χ1) is 38.7. The van der Waals surface area contributed by atoms with E-state index >= 15 is 0 Å². The minimum Gasteiger partial charge on any atom is -0.311 e. The van der Waals surface area contributed by atoms with Gasteiger partial charge in [0, 0.05) is 54.4 Å². The van der Waals surface area contributed by atoms with Crippen LogP contribution in [0.4, 0.5) is 34.1 Å². The normalized spacial score (nSPS) is 25.1. The molecule has 0 saturated heterocycles. The van der Waals surface area contributed by atoms with Crippen LogP contribution >= 0.6 is 11.3 Å². The standard InChI is InChI=1S/C67H75BN2S/c1-40(2)48-32-53(41(3)4)61(54(33-48)42(5)6)70-56-28-25-50(66(10,11)12)34-55(56)68-60-57(35-51(36-58(60)70)67-37-43-29-44(38-67)31-45(30-43)39-67)69(52-26-23-49(24-27-52)65(7,8)9)62-59(46-19-15-13-16-20-46)63(71-64(62)68)47-21-17-14-18-22-47/h13-28,32-36,40-45H,29-31,37-39H2,1-12H3/i1D3,3D3,4D3,5D3. The molecule has 362 valence electrons. The van der Waals surface area contributed by atoms with Gasteiger partial charge in [0.1, 0.15) is 0 Å². The zero-order valence-electron chi connectivity index (χ0n) is 54.7. The van der Waals surface area contributed by atoms with Gasteiger partial charge in [-0.25, -0.2) is 0 Å². The monoisotopic (exact) mass is 963 g/mol. The molecule has 3 heterocycles. The van der Waals surface area contributed by atoms with Crippen molar-refractivity contribution in [2.75, 3.05) is 9.80 Å². The molecule has 4 fully saturated rings. The molecular formula is C67H75BN2S. The van der Waals surface area contributed by atoms with E-state index in [1.165, 1.54) is 43.4 Å². The molecule has 4 heteroatoms. The SMILES string of the molecule is [2H]C([2H])([2H])C(C)c1cc(C(C)C([2H])([2H])[2H])c(N2c3ccc(C(C)(C)C)cc3B3c4sc(-c5ccccc5)c(-c5ccccc5)c4N(c4ccc(C(C)(C)C)cc4)c4cc(C56CC7CC(CC(C7)C5)C6)cc2c43)c(C(C([2H])([2H])[2H])C([2H])([2H])[2H])c1. The largest absolute Gasteiger partial charge is 0.311 e. The van der Waals surface area contributed by atoms with Crippen LogP contribution in [0.3, 0.4) is 0 Å². The molecule has 13 rings (SSSR count). The molecule has 1 aromatic heterocycles. The topological polar surface area (TPSA) is 6.48 Å². The van der Waals surface area contributed by atoms with Crippen LogP contribution in [0.15, 0.2) is 127 Å². The Labute approximate surface area is 447 Å². The van der Waals surface area contributed by atoms with E-state index in [-0.39, 0.29) is 38.6 Å². The van der Waals surface area contributed by atoms with Gasteiger partial charge in [-0.05, 0) is 176 Å². The van der Waals surface area contributed by atoms with Gasteiger partial charge in [-0.1, -0.05) is 180 Å². The van der Waals surface area contributed by atoms with Crippen molar-refractivity contribution >= 4 is 67.9 Å². The lowest BCUT2D eigenvalue weighted by molar-refractivity contribution is -0.00514. The van der Waals surface area contributed by atoms with Crippen LogP contribution in [0.2, 0.25) is 0 Å². The predicted molar refractivity (Wildman–Crippen MR) is 309 cm³/mol. The molecule has 2 aliphatic heterocycles. The van der Waals surface area contributed by atoms with Crippen LogP contribution in [0, 0.1) is 17.8 Å². The molecular weight excluding hydrogens is 876 g/mol. The third kappa shape index (κ3) is 7.62. The van der Waals surface area contributed by atoms with Gasteiger partial charge in [-0.15, -0.1) is 11.3 Å². The Bertz CT molecular complexity index is 3590. The van der Waals surface area contributed by atoms with Crippen molar-refractivity contribution in [2.45, 2.75) is 155 Å². The van der Waals surface area contributed by atoms with Crippen LogP contribution in [-0.4, -0.2) is 6.71 Å². The lowest BCUT2D eigenvalue weighted by atomic mass is 9.35. The van der Waals surface area contributed by atoms with Crippen molar-refractivity contribution in [3.05, 3.63) is 161 Å². The first kappa shape index (κ1) is 34.9. The Balaban J connectivity index is 1.30. The van der Waals surface area contributed by atoms with Gasteiger partial charge in [0.2, 0.25) is 0 Å². The zero-order valence-corrected chi connectivity index (χ0v) is 43.5. The molecule has 0 amide bonds. The van der Waals surface area contributed by atoms with Crippen molar-refractivity contribution in [3.8, 4) is 21.6 Å². The van der Waals surface area contributed by atoms with Crippen LogP contribution in [0.25, 0.3) is 21.6 Å². The summed E-state index contributed by atoms with van der Waals surface area (Å²) in [6, 6.07) is 44.6. The fraction of sp³-hybridized carbons (Fsp3) is 0.403. The fourth-order valence-electron chi connectivity index (χ4n) is 14.1. The van der Waals surface area contributed by atoms with E-state index in [1.807, 2.05) is 6.07 Å². The van der Waals surface area contributed by atoms with Gasteiger partial charge >= 0.3 is 0 Å². The van der Waals surface area contributed by atoms with E-state index in [4.69, 9.17) is 8.22 Å². The minimum absolute atomic E-state index is 0.122. The molecule has 7 aromatic rings. The Kier molecular flexibility index (Phi) is 8.31. The fourth-order valence-corrected chi connectivity index (χ4v) is 15.5. The molecule has 2 nitrogen and oxygen atoms in total. The highest BCUT2D eigenvalue weighted by atomic mass is 32.1. The molecule has 4 bridgehead atoms. The van der Waals surface area contributed by atoms with Gasteiger partial charge in [0.15, 0.2) is 0 Å². The van der Waals surface area contributed by atoms with E-state index in [9.17, 15) is 8.22 Å². The van der Waals surface area contributed by atoms with Crippen LogP contribution < -0.4 is 25.5 Å². The quantitative estimate of drug-likeness (QED) is 0.140. The van der Waals surface area contributed by atoms with Crippen LogP contribution in [0.5, 0.6) is 0 Å². The summed E-state index contributed by atoms with van der Waals surface area (Å²) in [5.74, 6) is -2.95. The number of benzene rings is 6. The van der Waals surface area contributed by atoms with Gasteiger partial charge in [-0.2, -0.15) is 0 Å². The number of nitrogens with zero attached hydrogens (tertiary/aromatic N) is 2. The maximum atomic E-state index is 9.20. The summed E-state index contributed by atoms with van der Waals surface area (Å²) in [5, 5.41) is 0. The first-order valence-corrected chi connectivity index (χ1v) is 27.0. The van der Waals surface area contributed by atoms with E-state index < -0.39 is 51.9 Å². The molecule has 2 atom stereocenters. The number of fused-ring (bicyclic) bond motifs is 4. The molecule has 4 saturated carbocycles. The summed E-state index contributed by atoms with van der Waals surface area (Å²) in [4.78, 5) is 5.64. The van der Waals surface area contributed by atoms with Gasteiger partial charge < -0.3 is 9.80 Å². The van der Waals surface area contributed by atoms with Gasteiger partial charge in [-0.3, -0.25) is 0 Å². The maximum absolute atomic E-state index is 9.20. The first-order valence-electron chi connectivity index (χ1n) is 32.2. The molecule has 2 unspecified atom stereocenters. The highest BCUT2D eigenvalue weighted by Crippen LogP contribution is 2.63. The maximum Gasteiger partial charge on any atom is 0.264 e. The number of hydrogen-bond donors (Lipinski definition) is 0. The second-order valence-corrected chi connectivity index (χ2v) is 25.3. The van der Waals surface area contributed by atoms with Crippen LogP contribution in [-0.2, 0) is 16.2 Å². The van der Waals surface area contributed by atoms with E-state index in [0.717, 1.165) is 84.8 Å². The van der Waals surface area contributed by atoms with Crippen molar-refractivity contribution in [1.29, 1.82) is 0 Å². The average molecular weight is 963 g/mol. The summed E-state index contributed by atoms with van der Waals surface area (Å²) in [7, 11) is 0. The van der Waals surface area contributed by atoms with Crippen molar-refractivity contribution in [1.82, 2.24) is 0 Å². The number of thiophene rings is 1. The second kappa shape index (κ2) is 16.9. The zero-order chi connectivity index (χ0) is 59.5. The molecule has 71 heavy (non-hydrogen) atoms. The van der Waals surface area contributed by atoms with E-state index in [2.05, 4.69) is 161 Å². The predicted octanol–water partition coefficient (Wildman–Crippen LogP) is 17.6. The molecule has 0 N–H and O–H groups in total. The minimum atomic E-state index is -3.15. The van der Waals surface area contributed by atoms with Crippen molar-refractivity contribution in [2.24, 2.45) is 17.8 Å². The Morgan fingerprint density at radius 3 is 1.70 bits per heavy atom. The lowest BCUT2D eigenvalue weighted by Gasteiger charge is -2.57. The molecule has 6 aliphatic rings. The summed E-state index contributed by atoms with van der Waals surface area (Å²) in [5.41, 5.74) is 12.6. The summed E-state index contributed by atoms with van der Waals surface area (Å²) in [6.45, 7) is 4.31. The van der Waals surface area contributed by atoms with Crippen molar-refractivity contribution < 1.29 is 16.4 Å². The third-order valence-corrected chi connectivity index (χ3v) is 18.5. The summed E-state index contributed by atoms with van der Waals surface area (Å²) in [6.07, 6.45) is 6.73. The molecule has 0 spiro atoms. The highest BCUT2D eigenvalue weighted by molar-refractivity contribution is 7.31.